The number of aliphatic carboxylic acids is 4. The molecule has 0 aliphatic carbocycles. The molecule has 0 saturated carbocycles. The molecule has 0 saturated heterocycles. The number of carboxylic acids is 4. The van der Waals surface area contributed by atoms with Gasteiger partial charge in [-0.15, -0.1) is 0 Å². The quantitative estimate of drug-likeness (QED) is 0.232. The molecule has 10 heteroatoms. The SMILES string of the molecule is CCCCCCCCC(CC(=O)[O-])C(=O)[O-].O=C(O)CCC(=O)O.[Na+].[Na+]. The first-order valence-electron chi connectivity index (χ1n) is 8.04. The van der Waals surface area contributed by atoms with Gasteiger partial charge >= 0.3 is 71.1 Å². The normalized spacial score (nSPS) is 10.2. The number of carbonyl (C=O) groups excluding carboxylic acids is 2. The van der Waals surface area contributed by atoms with Gasteiger partial charge in [-0.3, -0.25) is 9.59 Å². The molecule has 0 radical (unpaired) electrons. The molecule has 0 heterocycles. The van der Waals surface area contributed by atoms with Crippen LogP contribution in [0.2, 0.25) is 0 Å². The van der Waals surface area contributed by atoms with E-state index < -0.39 is 36.2 Å². The van der Waals surface area contributed by atoms with Crippen LogP contribution >= 0.6 is 0 Å². The fourth-order valence-electron chi connectivity index (χ4n) is 1.89. The molecule has 0 fully saturated rings. The van der Waals surface area contributed by atoms with Crippen LogP contribution in [-0.4, -0.2) is 34.1 Å². The molecule has 26 heavy (non-hydrogen) atoms. The summed E-state index contributed by atoms with van der Waals surface area (Å²) in [6.07, 6.45) is 5.66. The first-order valence-corrected chi connectivity index (χ1v) is 8.04. The van der Waals surface area contributed by atoms with Crippen molar-refractivity contribution in [3.63, 3.8) is 0 Å². The predicted octanol–water partition coefficient (Wildman–Crippen LogP) is -5.81. The average molecular weight is 392 g/mol. The molecular weight excluding hydrogens is 366 g/mol. The van der Waals surface area contributed by atoms with Crippen molar-refractivity contribution in [3.8, 4) is 0 Å². The van der Waals surface area contributed by atoms with Crippen LogP contribution in [0.15, 0.2) is 0 Å². The van der Waals surface area contributed by atoms with Crippen molar-refractivity contribution in [2.75, 3.05) is 0 Å². The minimum absolute atomic E-state index is 0. The molecule has 1 unspecified atom stereocenters. The van der Waals surface area contributed by atoms with E-state index in [9.17, 15) is 29.4 Å². The first kappa shape index (κ1) is 33.5. The minimum Gasteiger partial charge on any atom is -0.550 e. The van der Waals surface area contributed by atoms with Crippen LogP contribution in [0.4, 0.5) is 0 Å². The molecule has 1 atom stereocenters. The largest absolute Gasteiger partial charge is 1.00 e. The summed E-state index contributed by atoms with van der Waals surface area (Å²) in [5, 5.41) is 36.7. The fourth-order valence-corrected chi connectivity index (χ4v) is 1.89. The zero-order chi connectivity index (χ0) is 19.0. The third-order valence-electron chi connectivity index (χ3n) is 3.21. The molecule has 0 rings (SSSR count). The van der Waals surface area contributed by atoms with E-state index in [1.807, 2.05) is 0 Å². The summed E-state index contributed by atoms with van der Waals surface area (Å²) in [6, 6.07) is 0. The minimum atomic E-state index is -1.32. The maximum absolute atomic E-state index is 10.6. The molecule has 0 bridgehead atoms. The molecule has 0 amide bonds. The molecule has 0 aliphatic rings. The second-order valence-electron chi connectivity index (χ2n) is 5.44. The summed E-state index contributed by atoms with van der Waals surface area (Å²) in [7, 11) is 0. The van der Waals surface area contributed by atoms with Crippen LogP contribution in [0.1, 0.15) is 71.1 Å². The Balaban J connectivity index is -0.000000208. The van der Waals surface area contributed by atoms with Crippen LogP contribution in [0, 0.1) is 5.92 Å². The van der Waals surface area contributed by atoms with Gasteiger partial charge in [0, 0.05) is 17.9 Å². The van der Waals surface area contributed by atoms with E-state index in [0.29, 0.717) is 6.42 Å². The van der Waals surface area contributed by atoms with Crippen molar-refractivity contribution >= 4 is 23.9 Å². The van der Waals surface area contributed by atoms with Gasteiger partial charge in [-0.1, -0.05) is 45.4 Å². The van der Waals surface area contributed by atoms with E-state index in [-0.39, 0.29) is 72.0 Å². The van der Waals surface area contributed by atoms with Gasteiger partial charge in [-0.2, -0.15) is 0 Å². The smallest absolute Gasteiger partial charge is 0.550 e. The van der Waals surface area contributed by atoms with Gasteiger partial charge < -0.3 is 30.0 Å². The van der Waals surface area contributed by atoms with Crippen LogP contribution in [0.3, 0.4) is 0 Å². The summed E-state index contributed by atoms with van der Waals surface area (Å²) in [5.41, 5.74) is 0. The third kappa shape index (κ3) is 28.7. The van der Waals surface area contributed by atoms with Gasteiger partial charge in [0.15, 0.2) is 0 Å². The molecular formula is C16H26Na2O8. The van der Waals surface area contributed by atoms with Gasteiger partial charge in [0.1, 0.15) is 0 Å². The van der Waals surface area contributed by atoms with E-state index in [2.05, 4.69) is 6.92 Å². The summed E-state index contributed by atoms with van der Waals surface area (Å²) < 4.78 is 0. The third-order valence-corrected chi connectivity index (χ3v) is 3.21. The van der Waals surface area contributed by atoms with Crippen molar-refractivity contribution in [1.82, 2.24) is 0 Å². The molecule has 8 nitrogen and oxygen atoms in total. The number of carbonyl (C=O) groups is 4. The summed E-state index contributed by atoms with van der Waals surface area (Å²) in [6.45, 7) is 2.13. The number of hydrogen-bond acceptors (Lipinski definition) is 6. The van der Waals surface area contributed by atoms with Crippen molar-refractivity contribution in [2.24, 2.45) is 5.92 Å². The van der Waals surface area contributed by atoms with Crippen LogP contribution in [0.25, 0.3) is 0 Å². The molecule has 0 spiro atoms. The van der Waals surface area contributed by atoms with E-state index in [4.69, 9.17) is 10.2 Å². The number of unbranched alkanes of at least 4 members (excludes halogenated alkanes) is 5. The topological polar surface area (TPSA) is 155 Å². The molecule has 0 aromatic heterocycles. The monoisotopic (exact) mass is 392 g/mol. The Hall–Kier alpha value is -0.120. The Labute approximate surface area is 198 Å². The average Bonchev–Trinajstić information content (AvgIpc) is 2.47. The molecule has 0 aromatic rings. The van der Waals surface area contributed by atoms with Crippen molar-refractivity contribution in [3.05, 3.63) is 0 Å². The number of hydrogen-bond donors (Lipinski definition) is 2. The zero-order valence-electron chi connectivity index (χ0n) is 16.0. The Kier molecular flexibility index (Phi) is 29.5. The van der Waals surface area contributed by atoms with Gasteiger partial charge in [0.25, 0.3) is 0 Å². The second kappa shape index (κ2) is 22.9. The molecule has 2 N–H and O–H groups in total. The molecule has 0 aromatic carbocycles. The molecule has 0 aliphatic heterocycles. The Morgan fingerprint density at radius 1 is 0.808 bits per heavy atom. The van der Waals surface area contributed by atoms with Crippen LogP contribution < -0.4 is 69.3 Å². The Morgan fingerprint density at radius 3 is 1.58 bits per heavy atom. The first-order chi connectivity index (χ1) is 11.2. The zero-order valence-corrected chi connectivity index (χ0v) is 20.0. The van der Waals surface area contributed by atoms with Gasteiger partial charge in [-0.05, 0) is 12.8 Å². The summed E-state index contributed by atoms with van der Waals surface area (Å²) in [4.78, 5) is 40.2. The Bertz CT molecular complexity index is 388. The van der Waals surface area contributed by atoms with Crippen molar-refractivity contribution in [2.45, 2.75) is 71.1 Å². The van der Waals surface area contributed by atoms with E-state index in [1.54, 1.807) is 0 Å². The number of carboxylic acid groups (broad SMARTS) is 4. The van der Waals surface area contributed by atoms with Crippen molar-refractivity contribution < 1.29 is 98.7 Å². The second-order valence-corrected chi connectivity index (χ2v) is 5.44. The van der Waals surface area contributed by atoms with Crippen LogP contribution in [0.5, 0.6) is 0 Å². The maximum Gasteiger partial charge on any atom is 1.00 e. The maximum atomic E-state index is 10.6. The molecule has 140 valence electrons. The number of rotatable bonds is 13. The van der Waals surface area contributed by atoms with Gasteiger partial charge in [0.05, 0.1) is 12.8 Å². The van der Waals surface area contributed by atoms with Crippen molar-refractivity contribution in [1.29, 1.82) is 0 Å². The Morgan fingerprint density at radius 2 is 1.23 bits per heavy atom. The van der Waals surface area contributed by atoms with Gasteiger partial charge in [0.2, 0.25) is 0 Å². The summed E-state index contributed by atoms with van der Waals surface area (Å²) in [5.74, 6) is -5.64. The predicted molar refractivity (Wildman–Crippen MR) is 80.6 cm³/mol. The fraction of sp³-hybridized carbons (Fsp3) is 0.750. The van der Waals surface area contributed by atoms with E-state index in [1.165, 1.54) is 12.8 Å². The van der Waals surface area contributed by atoms with Crippen LogP contribution in [-0.2, 0) is 19.2 Å². The summed E-state index contributed by atoms with van der Waals surface area (Å²) >= 11 is 0. The standard InChI is InChI=1S/C12H22O4.C4H6O4.2Na/c1-2-3-4-5-6-7-8-10(12(15)16)9-11(13)14;5-3(6)1-2-4(7)8;;/h10H,2-9H2,1H3,(H,13,14)(H,15,16);1-2H2,(H,5,6)(H,7,8);;/q;;2*+1/p-2. The van der Waals surface area contributed by atoms with E-state index in [0.717, 1.165) is 25.7 Å². The van der Waals surface area contributed by atoms with E-state index >= 15 is 0 Å². The van der Waals surface area contributed by atoms with Gasteiger partial charge in [-0.25, -0.2) is 0 Å².